The Morgan fingerprint density at radius 2 is 1.85 bits per heavy atom. The van der Waals surface area contributed by atoms with Crippen molar-refractivity contribution in [2.45, 2.75) is 11.3 Å². The summed E-state index contributed by atoms with van der Waals surface area (Å²) in [7, 11) is -3.72. The summed E-state index contributed by atoms with van der Waals surface area (Å²) in [4.78, 5) is 3.98. The summed E-state index contributed by atoms with van der Waals surface area (Å²) in [5, 5.41) is 8.20. The van der Waals surface area contributed by atoms with E-state index in [1.165, 1.54) is 18.2 Å². The fraction of sp³-hybridized carbons (Fsp3) is 0.154. The van der Waals surface area contributed by atoms with E-state index in [2.05, 4.69) is 10.3 Å². The SMILES string of the molecule is Nc1ccc(S(N)(=O)=O)cc1NCCc1ccncc1. The molecule has 0 fully saturated rings. The van der Waals surface area contributed by atoms with E-state index in [-0.39, 0.29) is 4.90 Å². The summed E-state index contributed by atoms with van der Waals surface area (Å²) in [6.07, 6.45) is 4.23. The fourth-order valence-corrected chi connectivity index (χ4v) is 2.30. The lowest BCUT2D eigenvalue weighted by Crippen LogP contribution is -2.13. The monoisotopic (exact) mass is 292 g/mol. The highest BCUT2D eigenvalue weighted by atomic mass is 32.2. The molecule has 0 radical (unpaired) electrons. The van der Waals surface area contributed by atoms with Gasteiger partial charge in [-0.05, 0) is 42.3 Å². The van der Waals surface area contributed by atoms with Crippen molar-refractivity contribution in [2.24, 2.45) is 5.14 Å². The van der Waals surface area contributed by atoms with E-state index in [0.29, 0.717) is 17.9 Å². The van der Waals surface area contributed by atoms with Crippen molar-refractivity contribution in [3.63, 3.8) is 0 Å². The summed E-state index contributed by atoms with van der Waals surface area (Å²) < 4.78 is 22.6. The summed E-state index contributed by atoms with van der Waals surface area (Å²) in [6, 6.07) is 8.20. The number of rotatable bonds is 5. The van der Waals surface area contributed by atoms with Gasteiger partial charge in [0, 0.05) is 18.9 Å². The first kappa shape index (κ1) is 14.3. The van der Waals surface area contributed by atoms with E-state index in [4.69, 9.17) is 10.9 Å². The lowest BCUT2D eigenvalue weighted by molar-refractivity contribution is 0.598. The number of hydrogen-bond donors (Lipinski definition) is 3. The topological polar surface area (TPSA) is 111 Å². The molecule has 106 valence electrons. The lowest BCUT2D eigenvalue weighted by Gasteiger charge is -2.10. The van der Waals surface area contributed by atoms with Gasteiger partial charge in [-0.1, -0.05) is 0 Å². The van der Waals surface area contributed by atoms with Crippen molar-refractivity contribution < 1.29 is 8.42 Å². The molecule has 0 spiro atoms. The molecular formula is C13H16N4O2S. The lowest BCUT2D eigenvalue weighted by atomic mass is 10.2. The molecule has 7 heteroatoms. The highest BCUT2D eigenvalue weighted by molar-refractivity contribution is 7.89. The second-order valence-corrected chi connectivity index (χ2v) is 5.89. The van der Waals surface area contributed by atoms with Crippen LogP contribution in [-0.4, -0.2) is 19.9 Å². The van der Waals surface area contributed by atoms with E-state index in [1.807, 2.05) is 12.1 Å². The Balaban J connectivity index is 2.06. The van der Waals surface area contributed by atoms with Crippen LogP contribution in [0.15, 0.2) is 47.6 Å². The van der Waals surface area contributed by atoms with Gasteiger partial charge in [0.1, 0.15) is 0 Å². The van der Waals surface area contributed by atoms with Crippen LogP contribution in [0, 0.1) is 0 Å². The number of nitrogens with two attached hydrogens (primary N) is 2. The predicted molar refractivity (Wildman–Crippen MR) is 78.7 cm³/mol. The van der Waals surface area contributed by atoms with Crippen LogP contribution < -0.4 is 16.2 Å². The first-order chi connectivity index (χ1) is 9.47. The highest BCUT2D eigenvalue weighted by Gasteiger charge is 2.10. The van der Waals surface area contributed by atoms with Crippen LogP contribution in [0.4, 0.5) is 11.4 Å². The van der Waals surface area contributed by atoms with Crippen molar-refractivity contribution in [2.75, 3.05) is 17.6 Å². The number of nitrogens with one attached hydrogen (secondary N) is 1. The van der Waals surface area contributed by atoms with Gasteiger partial charge < -0.3 is 11.1 Å². The van der Waals surface area contributed by atoms with Crippen LogP contribution in [0.5, 0.6) is 0 Å². The van der Waals surface area contributed by atoms with Gasteiger partial charge in [0.15, 0.2) is 0 Å². The summed E-state index contributed by atoms with van der Waals surface area (Å²) in [5.41, 5.74) is 7.98. The Bertz CT molecular complexity index is 687. The Labute approximate surface area is 117 Å². The van der Waals surface area contributed by atoms with Gasteiger partial charge in [-0.2, -0.15) is 0 Å². The molecule has 1 aromatic carbocycles. The van der Waals surface area contributed by atoms with E-state index in [0.717, 1.165) is 12.0 Å². The molecule has 0 unspecified atom stereocenters. The maximum Gasteiger partial charge on any atom is 0.238 e. The quantitative estimate of drug-likeness (QED) is 0.711. The summed E-state index contributed by atoms with van der Waals surface area (Å²) in [6.45, 7) is 0.627. The summed E-state index contributed by atoms with van der Waals surface area (Å²) in [5.74, 6) is 0. The van der Waals surface area contributed by atoms with Gasteiger partial charge in [0.2, 0.25) is 10.0 Å². The molecule has 5 N–H and O–H groups in total. The third-order valence-corrected chi connectivity index (χ3v) is 3.74. The van der Waals surface area contributed by atoms with Crippen LogP contribution in [0.2, 0.25) is 0 Å². The maximum atomic E-state index is 11.3. The molecule has 6 nitrogen and oxygen atoms in total. The first-order valence-corrected chi connectivity index (χ1v) is 7.56. The van der Waals surface area contributed by atoms with E-state index < -0.39 is 10.0 Å². The smallest absolute Gasteiger partial charge is 0.238 e. The maximum absolute atomic E-state index is 11.3. The Morgan fingerprint density at radius 3 is 2.50 bits per heavy atom. The van der Waals surface area contributed by atoms with Crippen LogP contribution in [0.25, 0.3) is 0 Å². The molecule has 1 aromatic heterocycles. The Kier molecular flexibility index (Phi) is 4.21. The molecule has 2 aromatic rings. The van der Waals surface area contributed by atoms with Crippen LogP contribution in [-0.2, 0) is 16.4 Å². The highest BCUT2D eigenvalue weighted by Crippen LogP contribution is 2.22. The molecule has 0 aliphatic rings. The van der Waals surface area contributed by atoms with Gasteiger partial charge in [-0.25, -0.2) is 13.6 Å². The van der Waals surface area contributed by atoms with Crippen molar-refractivity contribution in [3.05, 3.63) is 48.3 Å². The van der Waals surface area contributed by atoms with Crippen molar-refractivity contribution in [1.29, 1.82) is 0 Å². The molecular weight excluding hydrogens is 276 g/mol. The molecule has 0 bridgehead atoms. The van der Waals surface area contributed by atoms with Gasteiger partial charge in [-0.15, -0.1) is 0 Å². The molecule has 0 saturated heterocycles. The van der Waals surface area contributed by atoms with Crippen LogP contribution in [0.3, 0.4) is 0 Å². The molecule has 0 atom stereocenters. The molecule has 20 heavy (non-hydrogen) atoms. The normalized spacial score (nSPS) is 11.2. The number of benzene rings is 1. The fourth-order valence-electron chi connectivity index (χ4n) is 1.76. The third-order valence-electron chi connectivity index (χ3n) is 2.83. The predicted octanol–water partition coefficient (Wildman–Crippen LogP) is 0.966. The average Bonchev–Trinajstić information content (AvgIpc) is 2.41. The number of aromatic nitrogens is 1. The molecule has 0 aliphatic carbocycles. The van der Waals surface area contributed by atoms with Gasteiger partial charge in [0.05, 0.1) is 16.3 Å². The first-order valence-electron chi connectivity index (χ1n) is 6.02. The minimum Gasteiger partial charge on any atom is -0.397 e. The summed E-state index contributed by atoms with van der Waals surface area (Å²) >= 11 is 0. The Hall–Kier alpha value is -2.12. The number of nitrogen functional groups attached to an aromatic ring is 1. The van der Waals surface area contributed by atoms with E-state index >= 15 is 0 Å². The number of hydrogen-bond acceptors (Lipinski definition) is 5. The minimum atomic E-state index is -3.72. The molecule has 0 saturated carbocycles. The molecule has 1 heterocycles. The average molecular weight is 292 g/mol. The van der Waals surface area contributed by atoms with Gasteiger partial charge in [-0.3, -0.25) is 4.98 Å². The van der Waals surface area contributed by atoms with E-state index in [9.17, 15) is 8.42 Å². The largest absolute Gasteiger partial charge is 0.397 e. The zero-order chi connectivity index (χ0) is 14.6. The number of nitrogens with zero attached hydrogens (tertiary/aromatic N) is 1. The van der Waals surface area contributed by atoms with Gasteiger partial charge >= 0.3 is 0 Å². The van der Waals surface area contributed by atoms with Crippen LogP contribution >= 0.6 is 0 Å². The second kappa shape index (κ2) is 5.89. The molecule has 0 amide bonds. The van der Waals surface area contributed by atoms with Crippen molar-refractivity contribution in [3.8, 4) is 0 Å². The zero-order valence-electron chi connectivity index (χ0n) is 10.8. The number of sulfonamides is 1. The standard InChI is InChI=1S/C13H16N4O2S/c14-12-2-1-11(20(15,18)19)9-13(12)17-8-5-10-3-6-16-7-4-10/h1-4,6-7,9,17H,5,8,14H2,(H2,15,18,19). The number of pyridine rings is 1. The second-order valence-electron chi connectivity index (χ2n) is 4.33. The zero-order valence-corrected chi connectivity index (χ0v) is 11.6. The third kappa shape index (κ3) is 3.69. The molecule has 0 aliphatic heterocycles. The number of primary sulfonamides is 1. The van der Waals surface area contributed by atoms with E-state index in [1.54, 1.807) is 12.4 Å². The van der Waals surface area contributed by atoms with Crippen LogP contribution in [0.1, 0.15) is 5.56 Å². The number of anilines is 2. The van der Waals surface area contributed by atoms with Crippen molar-refractivity contribution in [1.82, 2.24) is 4.98 Å². The minimum absolute atomic E-state index is 0.0399. The molecule has 2 rings (SSSR count). The Morgan fingerprint density at radius 1 is 1.15 bits per heavy atom. The van der Waals surface area contributed by atoms with Gasteiger partial charge in [0.25, 0.3) is 0 Å². The van der Waals surface area contributed by atoms with Crippen molar-refractivity contribution >= 4 is 21.4 Å².